The van der Waals surface area contributed by atoms with Crippen molar-refractivity contribution in [2.45, 2.75) is 20.3 Å². The van der Waals surface area contributed by atoms with Gasteiger partial charge in [-0.05, 0) is 36.6 Å². The van der Waals surface area contributed by atoms with Gasteiger partial charge in [-0.1, -0.05) is 13.8 Å². The van der Waals surface area contributed by atoms with Gasteiger partial charge in [0.1, 0.15) is 5.75 Å². The zero-order chi connectivity index (χ0) is 12.7. The van der Waals surface area contributed by atoms with Crippen molar-refractivity contribution >= 4 is 11.6 Å². The number of hydrogen-bond acceptors (Lipinski definition) is 2. The summed E-state index contributed by atoms with van der Waals surface area (Å²) in [6, 6.07) is 7.57. The predicted octanol–water partition coefficient (Wildman–Crippen LogP) is 2.47. The number of hydrogen-bond donors (Lipinski definition) is 2. The largest absolute Gasteiger partial charge is 0.497 e. The lowest BCUT2D eigenvalue weighted by Gasteiger charge is -2.07. The van der Waals surface area contributed by atoms with Crippen LogP contribution in [-0.2, 0) is 0 Å². The third kappa shape index (κ3) is 5.24. The minimum atomic E-state index is 0.454. The lowest BCUT2D eigenvalue weighted by molar-refractivity contribution is 0.415. The smallest absolute Gasteiger partial charge is 0.193 e. The Hall–Kier alpha value is -1.71. The Morgan fingerprint density at radius 3 is 2.53 bits per heavy atom. The molecule has 3 N–H and O–H groups in total. The number of nitrogens with two attached hydrogens (primary N) is 1. The predicted molar refractivity (Wildman–Crippen MR) is 72.6 cm³/mol. The molecule has 0 aliphatic heterocycles. The third-order valence-corrected chi connectivity index (χ3v) is 2.35. The molecule has 0 spiro atoms. The van der Waals surface area contributed by atoms with Gasteiger partial charge in [0.15, 0.2) is 5.96 Å². The Labute approximate surface area is 103 Å². The summed E-state index contributed by atoms with van der Waals surface area (Å²) in [6.07, 6.45) is 1.05. The van der Waals surface area contributed by atoms with E-state index in [9.17, 15) is 0 Å². The van der Waals surface area contributed by atoms with Gasteiger partial charge in [-0.15, -0.1) is 0 Å². The van der Waals surface area contributed by atoms with E-state index in [1.54, 1.807) is 7.11 Å². The monoisotopic (exact) mass is 235 g/mol. The number of anilines is 1. The van der Waals surface area contributed by atoms with Crippen LogP contribution in [0.3, 0.4) is 0 Å². The Kier molecular flexibility index (Phi) is 5.33. The normalized spacial score (nSPS) is 11.6. The first kappa shape index (κ1) is 13.4. The summed E-state index contributed by atoms with van der Waals surface area (Å²) in [5.41, 5.74) is 6.68. The van der Waals surface area contributed by atoms with E-state index in [0.29, 0.717) is 11.9 Å². The average Bonchev–Trinajstić information content (AvgIpc) is 2.29. The summed E-state index contributed by atoms with van der Waals surface area (Å²) in [7, 11) is 1.64. The molecule has 1 aromatic carbocycles. The third-order valence-electron chi connectivity index (χ3n) is 2.35. The van der Waals surface area contributed by atoms with Crippen LogP contribution in [-0.4, -0.2) is 19.6 Å². The van der Waals surface area contributed by atoms with Gasteiger partial charge < -0.3 is 15.8 Å². The molecule has 1 rings (SSSR count). The molecule has 0 radical (unpaired) electrons. The fraction of sp³-hybridized carbons (Fsp3) is 0.462. The van der Waals surface area contributed by atoms with Crippen molar-refractivity contribution in [2.24, 2.45) is 16.6 Å². The van der Waals surface area contributed by atoms with Gasteiger partial charge in [-0.25, -0.2) is 0 Å². The Morgan fingerprint density at radius 2 is 2.00 bits per heavy atom. The SMILES string of the molecule is COc1ccc(NC(N)=NCCC(C)C)cc1. The zero-order valence-electron chi connectivity index (χ0n) is 10.7. The standard InChI is InChI=1S/C13H21N3O/c1-10(2)8-9-15-13(14)16-11-4-6-12(17-3)7-5-11/h4-7,10H,8-9H2,1-3H3,(H3,14,15,16). The zero-order valence-corrected chi connectivity index (χ0v) is 10.7. The van der Waals surface area contributed by atoms with E-state index in [2.05, 4.69) is 24.2 Å². The van der Waals surface area contributed by atoms with E-state index >= 15 is 0 Å². The molecule has 0 bridgehead atoms. The summed E-state index contributed by atoms with van der Waals surface area (Å²) in [5.74, 6) is 1.93. The van der Waals surface area contributed by atoms with Crippen LogP contribution in [0.25, 0.3) is 0 Å². The molecule has 0 heterocycles. The number of nitrogens with zero attached hydrogens (tertiary/aromatic N) is 1. The average molecular weight is 235 g/mol. The van der Waals surface area contributed by atoms with Gasteiger partial charge in [0.2, 0.25) is 0 Å². The van der Waals surface area contributed by atoms with E-state index in [1.165, 1.54) is 0 Å². The van der Waals surface area contributed by atoms with Crippen molar-refractivity contribution in [3.63, 3.8) is 0 Å². The highest BCUT2D eigenvalue weighted by atomic mass is 16.5. The topological polar surface area (TPSA) is 59.6 Å². The van der Waals surface area contributed by atoms with Crippen LogP contribution in [0, 0.1) is 5.92 Å². The fourth-order valence-electron chi connectivity index (χ4n) is 1.30. The molecule has 17 heavy (non-hydrogen) atoms. The van der Waals surface area contributed by atoms with E-state index < -0.39 is 0 Å². The van der Waals surface area contributed by atoms with Crippen molar-refractivity contribution in [1.82, 2.24) is 0 Å². The highest BCUT2D eigenvalue weighted by Gasteiger charge is 1.97. The van der Waals surface area contributed by atoms with Gasteiger partial charge >= 0.3 is 0 Å². The molecule has 0 unspecified atom stereocenters. The number of benzene rings is 1. The van der Waals surface area contributed by atoms with E-state index in [0.717, 1.165) is 24.4 Å². The van der Waals surface area contributed by atoms with Gasteiger partial charge in [0.05, 0.1) is 7.11 Å². The molecular weight excluding hydrogens is 214 g/mol. The van der Waals surface area contributed by atoms with E-state index in [-0.39, 0.29) is 0 Å². The minimum absolute atomic E-state index is 0.454. The molecule has 4 nitrogen and oxygen atoms in total. The molecule has 0 aromatic heterocycles. The number of nitrogens with one attached hydrogen (secondary N) is 1. The van der Waals surface area contributed by atoms with Crippen LogP contribution in [0.4, 0.5) is 5.69 Å². The molecule has 0 atom stereocenters. The highest BCUT2D eigenvalue weighted by molar-refractivity contribution is 5.92. The summed E-state index contributed by atoms with van der Waals surface area (Å²) in [5, 5.41) is 3.04. The van der Waals surface area contributed by atoms with Crippen molar-refractivity contribution in [3.05, 3.63) is 24.3 Å². The number of aliphatic imine (C=N–C) groups is 1. The first-order valence-electron chi connectivity index (χ1n) is 5.83. The van der Waals surface area contributed by atoms with E-state index in [1.807, 2.05) is 24.3 Å². The van der Waals surface area contributed by atoms with Gasteiger partial charge in [0, 0.05) is 12.2 Å². The fourth-order valence-corrected chi connectivity index (χ4v) is 1.30. The number of rotatable bonds is 5. The van der Waals surface area contributed by atoms with Crippen molar-refractivity contribution in [2.75, 3.05) is 19.0 Å². The first-order valence-corrected chi connectivity index (χ1v) is 5.83. The highest BCUT2D eigenvalue weighted by Crippen LogP contribution is 2.14. The molecule has 0 aliphatic rings. The van der Waals surface area contributed by atoms with Crippen LogP contribution in [0.15, 0.2) is 29.3 Å². The molecule has 1 aromatic rings. The lowest BCUT2D eigenvalue weighted by Crippen LogP contribution is -2.22. The van der Waals surface area contributed by atoms with Crippen LogP contribution < -0.4 is 15.8 Å². The molecule has 0 amide bonds. The maximum atomic E-state index is 5.77. The summed E-state index contributed by atoms with van der Waals surface area (Å²) in [4.78, 5) is 4.25. The van der Waals surface area contributed by atoms with Crippen LogP contribution in [0.5, 0.6) is 5.75 Å². The van der Waals surface area contributed by atoms with Crippen LogP contribution in [0.1, 0.15) is 20.3 Å². The van der Waals surface area contributed by atoms with Gasteiger partial charge in [-0.2, -0.15) is 0 Å². The second-order valence-electron chi connectivity index (χ2n) is 4.30. The van der Waals surface area contributed by atoms with Gasteiger partial charge in [0.25, 0.3) is 0 Å². The number of methoxy groups -OCH3 is 1. The van der Waals surface area contributed by atoms with E-state index in [4.69, 9.17) is 10.5 Å². The molecular formula is C13H21N3O. The molecule has 4 heteroatoms. The quantitative estimate of drug-likeness (QED) is 0.609. The lowest BCUT2D eigenvalue weighted by atomic mass is 10.1. The molecule has 0 fully saturated rings. The number of guanidine groups is 1. The van der Waals surface area contributed by atoms with Crippen molar-refractivity contribution < 1.29 is 4.74 Å². The summed E-state index contributed by atoms with van der Waals surface area (Å²) < 4.78 is 5.08. The number of ether oxygens (including phenoxy) is 1. The van der Waals surface area contributed by atoms with Gasteiger partial charge in [-0.3, -0.25) is 4.99 Å². The molecule has 94 valence electrons. The Balaban J connectivity index is 2.46. The Morgan fingerprint density at radius 1 is 1.35 bits per heavy atom. The minimum Gasteiger partial charge on any atom is -0.497 e. The van der Waals surface area contributed by atoms with Crippen molar-refractivity contribution in [1.29, 1.82) is 0 Å². The molecule has 0 aliphatic carbocycles. The van der Waals surface area contributed by atoms with Crippen molar-refractivity contribution in [3.8, 4) is 5.75 Å². The first-order chi connectivity index (χ1) is 8.11. The van der Waals surface area contributed by atoms with Crippen LogP contribution in [0.2, 0.25) is 0 Å². The van der Waals surface area contributed by atoms with Crippen LogP contribution >= 0.6 is 0 Å². The maximum Gasteiger partial charge on any atom is 0.193 e. The summed E-state index contributed by atoms with van der Waals surface area (Å²) >= 11 is 0. The molecule has 0 saturated heterocycles. The second kappa shape index (κ2) is 6.78. The summed E-state index contributed by atoms with van der Waals surface area (Å²) in [6.45, 7) is 5.10. The molecule has 0 saturated carbocycles. The maximum absolute atomic E-state index is 5.77. The Bertz CT molecular complexity index is 357. The second-order valence-corrected chi connectivity index (χ2v) is 4.30.